The minimum atomic E-state index is 0. The van der Waals surface area contributed by atoms with Gasteiger partial charge in [0, 0.05) is 20.1 Å². The lowest BCUT2D eigenvalue weighted by Crippen LogP contribution is -2.38. The van der Waals surface area contributed by atoms with E-state index in [1.54, 1.807) is 7.11 Å². The third-order valence-corrected chi connectivity index (χ3v) is 4.12. The van der Waals surface area contributed by atoms with Gasteiger partial charge in [0.25, 0.3) is 0 Å². The molecule has 1 saturated carbocycles. The first kappa shape index (κ1) is 20.1. The predicted octanol–water partition coefficient (Wildman–Crippen LogP) is 3.52. The van der Waals surface area contributed by atoms with Gasteiger partial charge in [0.15, 0.2) is 5.96 Å². The molecule has 0 radical (unpaired) electrons. The van der Waals surface area contributed by atoms with Gasteiger partial charge in [-0.3, -0.25) is 4.99 Å². The molecule has 0 saturated heterocycles. The van der Waals surface area contributed by atoms with Gasteiger partial charge in [-0.25, -0.2) is 0 Å². The number of rotatable bonds is 8. The molecule has 5 heteroatoms. The Morgan fingerprint density at radius 2 is 2.00 bits per heavy atom. The van der Waals surface area contributed by atoms with E-state index in [-0.39, 0.29) is 24.0 Å². The zero-order valence-electron chi connectivity index (χ0n) is 14.5. The van der Waals surface area contributed by atoms with Crippen molar-refractivity contribution in [1.82, 2.24) is 10.6 Å². The molecule has 1 aromatic rings. The third kappa shape index (κ3) is 7.42. The minimum absolute atomic E-state index is 0. The highest BCUT2D eigenvalue weighted by Gasteiger charge is 2.19. The Morgan fingerprint density at radius 3 is 2.65 bits per heavy atom. The summed E-state index contributed by atoms with van der Waals surface area (Å²) in [6.07, 6.45) is 6.38. The molecule has 0 heterocycles. The summed E-state index contributed by atoms with van der Waals surface area (Å²) in [7, 11) is 3.55. The summed E-state index contributed by atoms with van der Waals surface area (Å²) in [4.78, 5) is 4.27. The highest BCUT2D eigenvalue weighted by molar-refractivity contribution is 14.0. The smallest absolute Gasteiger partial charge is 0.190 e. The SMILES string of the molecule is CN=C(NCCCC1CC1)NCCc1cc(C)ccc1OC.I. The van der Waals surface area contributed by atoms with E-state index in [0.717, 1.165) is 37.1 Å². The van der Waals surface area contributed by atoms with Gasteiger partial charge in [-0.2, -0.15) is 0 Å². The molecule has 0 amide bonds. The average molecular weight is 431 g/mol. The van der Waals surface area contributed by atoms with E-state index in [1.165, 1.54) is 36.8 Å². The van der Waals surface area contributed by atoms with E-state index < -0.39 is 0 Å². The summed E-state index contributed by atoms with van der Waals surface area (Å²) in [5.41, 5.74) is 2.50. The van der Waals surface area contributed by atoms with Crippen LogP contribution in [-0.2, 0) is 6.42 Å². The van der Waals surface area contributed by atoms with Gasteiger partial charge in [0.2, 0.25) is 0 Å². The van der Waals surface area contributed by atoms with Crippen LogP contribution >= 0.6 is 24.0 Å². The van der Waals surface area contributed by atoms with Crippen molar-refractivity contribution in [2.45, 2.75) is 39.0 Å². The molecule has 130 valence electrons. The summed E-state index contributed by atoms with van der Waals surface area (Å²) in [5.74, 6) is 2.85. The maximum absolute atomic E-state index is 5.42. The summed E-state index contributed by atoms with van der Waals surface area (Å²) < 4.78 is 5.42. The normalized spacial score (nSPS) is 14.1. The van der Waals surface area contributed by atoms with Crippen molar-refractivity contribution in [3.63, 3.8) is 0 Å². The van der Waals surface area contributed by atoms with Gasteiger partial charge in [-0.1, -0.05) is 30.5 Å². The number of aliphatic imine (C=N–C) groups is 1. The molecule has 1 aliphatic carbocycles. The number of nitrogens with one attached hydrogen (secondary N) is 2. The van der Waals surface area contributed by atoms with Crippen LogP contribution in [-0.4, -0.2) is 33.2 Å². The lowest BCUT2D eigenvalue weighted by molar-refractivity contribution is 0.409. The molecule has 0 atom stereocenters. The van der Waals surface area contributed by atoms with E-state index in [1.807, 2.05) is 13.1 Å². The van der Waals surface area contributed by atoms with E-state index in [9.17, 15) is 0 Å². The molecular formula is C18H30IN3O. The quantitative estimate of drug-likeness (QED) is 0.287. The monoisotopic (exact) mass is 431 g/mol. The van der Waals surface area contributed by atoms with Crippen LogP contribution in [0.25, 0.3) is 0 Å². The lowest BCUT2D eigenvalue weighted by Gasteiger charge is -2.13. The predicted molar refractivity (Wildman–Crippen MR) is 108 cm³/mol. The standard InChI is InChI=1S/C18H29N3O.HI/c1-14-6-9-17(22-3)16(13-14)10-12-21-18(19-2)20-11-4-5-15-7-8-15;/h6,9,13,15H,4-5,7-8,10-12H2,1-3H3,(H2,19,20,21);1H. The Balaban J connectivity index is 0.00000264. The molecule has 0 bridgehead atoms. The number of nitrogens with zero attached hydrogens (tertiary/aromatic N) is 1. The Kier molecular flexibility index (Phi) is 9.36. The molecule has 2 rings (SSSR count). The number of ether oxygens (including phenoxy) is 1. The van der Waals surface area contributed by atoms with Crippen LogP contribution in [0.5, 0.6) is 5.75 Å². The van der Waals surface area contributed by atoms with E-state index in [2.05, 4.69) is 34.7 Å². The van der Waals surface area contributed by atoms with Crippen LogP contribution in [0.2, 0.25) is 0 Å². The second-order valence-electron chi connectivity index (χ2n) is 6.08. The molecule has 0 aromatic heterocycles. The van der Waals surface area contributed by atoms with Crippen molar-refractivity contribution in [1.29, 1.82) is 0 Å². The van der Waals surface area contributed by atoms with Crippen molar-refractivity contribution >= 4 is 29.9 Å². The summed E-state index contributed by atoms with van der Waals surface area (Å²) in [6.45, 7) is 3.96. The van der Waals surface area contributed by atoms with Crippen LogP contribution in [0.3, 0.4) is 0 Å². The molecule has 0 spiro atoms. The third-order valence-electron chi connectivity index (χ3n) is 4.12. The minimum Gasteiger partial charge on any atom is -0.496 e. The Labute approximate surface area is 157 Å². The fraction of sp³-hybridized carbons (Fsp3) is 0.611. The topological polar surface area (TPSA) is 45.7 Å². The summed E-state index contributed by atoms with van der Waals surface area (Å²) >= 11 is 0. The second kappa shape index (κ2) is 10.7. The zero-order chi connectivity index (χ0) is 15.8. The largest absolute Gasteiger partial charge is 0.496 e. The molecule has 4 nitrogen and oxygen atoms in total. The van der Waals surface area contributed by atoms with Gasteiger partial charge in [-0.05, 0) is 43.7 Å². The van der Waals surface area contributed by atoms with Gasteiger partial charge >= 0.3 is 0 Å². The maximum Gasteiger partial charge on any atom is 0.190 e. The number of hydrogen-bond donors (Lipinski definition) is 2. The first-order valence-corrected chi connectivity index (χ1v) is 8.31. The van der Waals surface area contributed by atoms with Crippen molar-refractivity contribution in [3.05, 3.63) is 29.3 Å². The molecular weight excluding hydrogens is 401 g/mol. The molecule has 1 fully saturated rings. The van der Waals surface area contributed by atoms with E-state index >= 15 is 0 Å². The molecule has 0 unspecified atom stereocenters. The van der Waals surface area contributed by atoms with Crippen LogP contribution in [0.4, 0.5) is 0 Å². The van der Waals surface area contributed by atoms with Crippen LogP contribution in [0, 0.1) is 12.8 Å². The first-order chi connectivity index (χ1) is 10.7. The summed E-state index contributed by atoms with van der Waals surface area (Å²) in [5, 5.41) is 6.76. The Bertz CT molecular complexity index is 501. The number of aryl methyl sites for hydroxylation is 1. The first-order valence-electron chi connectivity index (χ1n) is 8.31. The van der Waals surface area contributed by atoms with E-state index in [0.29, 0.717) is 0 Å². The average Bonchev–Trinajstić information content (AvgIpc) is 3.34. The molecule has 1 aromatic carbocycles. The Morgan fingerprint density at radius 1 is 1.26 bits per heavy atom. The molecule has 2 N–H and O–H groups in total. The number of hydrogen-bond acceptors (Lipinski definition) is 2. The number of benzene rings is 1. The fourth-order valence-electron chi connectivity index (χ4n) is 2.64. The van der Waals surface area contributed by atoms with Crippen molar-refractivity contribution in [3.8, 4) is 5.75 Å². The van der Waals surface area contributed by atoms with Gasteiger partial charge in [0.05, 0.1) is 7.11 Å². The maximum atomic E-state index is 5.42. The fourth-order valence-corrected chi connectivity index (χ4v) is 2.64. The van der Waals surface area contributed by atoms with E-state index in [4.69, 9.17) is 4.74 Å². The molecule has 1 aliphatic rings. The molecule has 23 heavy (non-hydrogen) atoms. The molecule has 0 aliphatic heterocycles. The highest BCUT2D eigenvalue weighted by Crippen LogP contribution is 2.33. The zero-order valence-corrected chi connectivity index (χ0v) is 16.9. The number of halogens is 1. The van der Waals surface area contributed by atoms with Crippen LogP contribution in [0.15, 0.2) is 23.2 Å². The van der Waals surface area contributed by atoms with Gasteiger partial charge in [-0.15, -0.1) is 24.0 Å². The van der Waals surface area contributed by atoms with Crippen LogP contribution in [0.1, 0.15) is 36.8 Å². The Hall–Kier alpha value is -0.980. The highest BCUT2D eigenvalue weighted by atomic mass is 127. The van der Waals surface area contributed by atoms with Crippen LogP contribution < -0.4 is 15.4 Å². The second-order valence-corrected chi connectivity index (χ2v) is 6.08. The van der Waals surface area contributed by atoms with Crippen molar-refractivity contribution in [2.75, 3.05) is 27.2 Å². The number of methoxy groups -OCH3 is 1. The lowest BCUT2D eigenvalue weighted by atomic mass is 10.1. The number of guanidine groups is 1. The van der Waals surface area contributed by atoms with Crippen molar-refractivity contribution in [2.24, 2.45) is 10.9 Å². The summed E-state index contributed by atoms with van der Waals surface area (Å²) in [6, 6.07) is 6.30. The van der Waals surface area contributed by atoms with Gasteiger partial charge < -0.3 is 15.4 Å². The van der Waals surface area contributed by atoms with Gasteiger partial charge in [0.1, 0.15) is 5.75 Å². The van der Waals surface area contributed by atoms with Crippen molar-refractivity contribution < 1.29 is 4.74 Å².